The highest BCUT2D eigenvalue weighted by molar-refractivity contribution is 5.35. The predicted octanol–water partition coefficient (Wildman–Crippen LogP) is 3.70. The molecular formula is C16H26NO+. The van der Waals surface area contributed by atoms with Crippen LogP contribution in [0.3, 0.4) is 0 Å². The molecule has 1 aromatic heterocycles. The fraction of sp³-hybridized carbons (Fsp3) is 0.625. The summed E-state index contributed by atoms with van der Waals surface area (Å²) in [5.41, 5.74) is 1.12. The quantitative estimate of drug-likeness (QED) is 0.351. The molecule has 1 heterocycles. The van der Waals surface area contributed by atoms with Crippen molar-refractivity contribution in [1.82, 2.24) is 0 Å². The maximum Gasteiger partial charge on any atom is 0.380 e. The van der Waals surface area contributed by atoms with Crippen LogP contribution in [0.2, 0.25) is 0 Å². The lowest BCUT2D eigenvalue weighted by atomic mass is 10.1. The van der Waals surface area contributed by atoms with Gasteiger partial charge in [-0.1, -0.05) is 57.9 Å². The number of hydrogen-bond acceptors (Lipinski definition) is 1. The van der Waals surface area contributed by atoms with E-state index in [9.17, 15) is 4.79 Å². The molecule has 0 fully saturated rings. The van der Waals surface area contributed by atoms with Gasteiger partial charge in [-0.15, -0.1) is 4.57 Å². The van der Waals surface area contributed by atoms with E-state index in [1.807, 2.05) is 24.4 Å². The molecular weight excluding hydrogens is 222 g/mol. The molecule has 0 N–H and O–H groups in total. The van der Waals surface area contributed by atoms with Gasteiger partial charge in [0.05, 0.1) is 0 Å². The predicted molar refractivity (Wildman–Crippen MR) is 75.1 cm³/mol. The number of hydrogen-bond donors (Lipinski definition) is 0. The third kappa shape index (κ3) is 5.95. The molecule has 0 amide bonds. The summed E-state index contributed by atoms with van der Waals surface area (Å²) >= 11 is 0. The first kappa shape index (κ1) is 14.9. The summed E-state index contributed by atoms with van der Waals surface area (Å²) in [4.78, 5) is 10.8. The van der Waals surface area contributed by atoms with Gasteiger partial charge < -0.3 is 0 Å². The second kappa shape index (κ2) is 9.81. The highest BCUT2D eigenvalue weighted by Crippen LogP contribution is 2.09. The summed E-state index contributed by atoms with van der Waals surface area (Å²) in [7, 11) is 0. The van der Waals surface area contributed by atoms with Gasteiger partial charge in [0, 0.05) is 18.6 Å². The van der Waals surface area contributed by atoms with E-state index in [0.29, 0.717) is 0 Å². The van der Waals surface area contributed by atoms with Crippen LogP contribution in [0.5, 0.6) is 0 Å². The average molecular weight is 248 g/mol. The molecule has 0 aliphatic carbocycles. The summed E-state index contributed by atoms with van der Waals surface area (Å²) in [6, 6.07) is 5.93. The molecule has 0 aliphatic rings. The molecule has 100 valence electrons. The van der Waals surface area contributed by atoms with Crippen molar-refractivity contribution < 1.29 is 9.36 Å². The van der Waals surface area contributed by atoms with Crippen LogP contribution in [0.4, 0.5) is 0 Å². The standard InChI is InChI=1S/C16H26NO/c1-2-3-4-5-6-7-8-9-12-16-13-10-11-14-17(16)15-18/h10-11,13-15H,2-9,12H2,1H3/q+1. The van der Waals surface area contributed by atoms with Crippen LogP contribution >= 0.6 is 0 Å². The van der Waals surface area contributed by atoms with Crippen molar-refractivity contribution in [2.45, 2.75) is 64.7 Å². The van der Waals surface area contributed by atoms with Gasteiger partial charge in [0.25, 0.3) is 0 Å². The highest BCUT2D eigenvalue weighted by Gasteiger charge is 2.06. The molecule has 1 rings (SSSR count). The number of aromatic nitrogens is 1. The van der Waals surface area contributed by atoms with Crippen LogP contribution in [0.15, 0.2) is 24.4 Å². The number of carbonyl (C=O) groups excluding carboxylic acids is 1. The van der Waals surface area contributed by atoms with Crippen LogP contribution in [-0.2, 0) is 11.2 Å². The van der Waals surface area contributed by atoms with Gasteiger partial charge in [0.15, 0.2) is 11.9 Å². The van der Waals surface area contributed by atoms with Gasteiger partial charge in [0.1, 0.15) is 0 Å². The first-order valence-corrected chi connectivity index (χ1v) is 7.33. The van der Waals surface area contributed by atoms with Crippen molar-refractivity contribution in [1.29, 1.82) is 0 Å². The smallest absolute Gasteiger partial charge is 0.222 e. The van der Waals surface area contributed by atoms with Gasteiger partial charge in [-0.3, -0.25) is 0 Å². The Morgan fingerprint density at radius 1 is 1.00 bits per heavy atom. The van der Waals surface area contributed by atoms with Crippen molar-refractivity contribution in [3.05, 3.63) is 30.1 Å². The molecule has 0 aliphatic heterocycles. The maximum absolute atomic E-state index is 10.8. The molecule has 0 unspecified atom stereocenters. The van der Waals surface area contributed by atoms with Crippen molar-refractivity contribution in [3.63, 3.8) is 0 Å². The third-order valence-corrected chi connectivity index (χ3v) is 3.38. The van der Waals surface area contributed by atoms with Gasteiger partial charge in [-0.2, -0.15) is 0 Å². The normalized spacial score (nSPS) is 10.5. The van der Waals surface area contributed by atoms with Crippen molar-refractivity contribution in [2.24, 2.45) is 0 Å². The minimum Gasteiger partial charge on any atom is -0.222 e. The van der Waals surface area contributed by atoms with Crippen LogP contribution in [0.1, 0.15) is 64.0 Å². The lowest BCUT2D eigenvalue weighted by Crippen LogP contribution is -2.37. The molecule has 0 spiro atoms. The minimum absolute atomic E-state index is 0.889. The first-order valence-electron chi connectivity index (χ1n) is 7.33. The Kier molecular flexibility index (Phi) is 8.11. The summed E-state index contributed by atoms with van der Waals surface area (Å²) < 4.78 is 1.68. The molecule has 2 heteroatoms. The second-order valence-electron chi connectivity index (χ2n) is 4.93. The first-order chi connectivity index (χ1) is 8.88. The minimum atomic E-state index is 0.889. The summed E-state index contributed by atoms with van der Waals surface area (Å²) in [6.07, 6.45) is 14.4. The molecule has 0 radical (unpaired) electrons. The number of rotatable bonds is 10. The lowest BCUT2D eigenvalue weighted by molar-refractivity contribution is -0.562. The molecule has 0 bridgehead atoms. The fourth-order valence-electron chi connectivity index (χ4n) is 2.25. The monoisotopic (exact) mass is 248 g/mol. The summed E-state index contributed by atoms with van der Waals surface area (Å²) in [5, 5.41) is 0. The Morgan fingerprint density at radius 3 is 2.33 bits per heavy atom. The van der Waals surface area contributed by atoms with E-state index in [1.165, 1.54) is 51.4 Å². The zero-order chi connectivity index (χ0) is 13.1. The number of pyridine rings is 1. The number of nitrogens with zero attached hydrogens (tertiary/aromatic N) is 1. The fourth-order valence-corrected chi connectivity index (χ4v) is 2.25. The van der Waals surface area contributed by atoms with Crippen LogP contribution in [0, 0.1) is 0 Å². The van der Waals surface area contributed by atoms with Crippen molar-refractivity contribution >= 4 is 6.41 Å². The van der Waals surface area contributed by atoms with Gasteiger partial charge in [-0.25, -0.2) is 4.79 Å². The number of carbonyl (C=O) groups is 1. The van der Waals surface area contributed by atoms with Crippen LogP contribution in [-0.4, -0.2) is 6.41 Å². The Balaban J connectivity index is 2.09. The Hall–Kier alpha value is -1.18. The molecule has 0 saturated carbocycles. The van der Waals surface area contributed by atoms with Crippen LogP contribution < -0.4 is 4.57 Å². The number of aryl methyl sites for hydroxylation is 1. The van der Waals surface area contributed by atoms with Gasteiger partial charge in [0.2, 0.25) is 0 Å². The van der Waals surface area contributed by atoms with E-state index in [4.69, 9.17) is 0 Å². The van der Waals surface area contributed by atoms with E-state index in [-0.39, 0.29) is 0 Å². The molecule has 0 atom stereocenters. The molecule has 2 nitrogen and oxygen atoms in total. The Morgan fingerprint density at radius 2 is 1.67 bits per heavy atom. The molecule has 1 aromatic rings. The lowest BCUT2D eigenvalue weighted by Gasteiger charge is -2.01. The molecule has 18 heavy (non-hydrogen) atoms. The third-order valence-electron chi connectivity index (χ3n) is 3.38. The molecule has 0 saturated heterocycles. The van der Waals surface area contributed by atoms with E-state index >= 15 is 0 Å². The summed E-state index contributed by atoms with van der Waals surface area (Å²) in [6.45, 7) is 2.25. The molecule has 0 aromatic carbocycles. The second-order valence-corrected chi connectivity index (χ2v) is 4.93. The van der Waals surface area contributed by atoms with Gasteiger partial charge >= 0.3 is 6.41 Å². The Labute approximate surface area is 111 Å². The van der Waals surface area contributed by atoms with Crippen molar-refractivity contribution in [2.75, 3.05) is 0 Å². The summed E-state index contributed by atoms with van der Waals surface area (Å²) in [5.74, 6) is 0. The van der Waals surface area contributed by atoms with E-state index in [1.54, 1.807) is 4.57 Å². The Bertz CT molecular complexity index is 336. The van der Waals surface area contributed by atoms with E-state index in [2.05, 4.69) is 6.92 Å². The SMILES string of the molecule is CCCCCCCCCCc1cccc[n+]1C=O. The topological polar surface area (TPSA) is 20.9 Å². The zero-order valence-corrected chi connectivity index (χ0v) is 11.6. The van der Waals surface area contributed by atoms with Crippen molar-refractivity contribution in [3.8, 4) is 0 Å². The van der Waals surface area contributed by atoms with E-state index in [0.717, 1.165) is 18.5 Å². The largest absolute Gasteiger partial charge is 0.380 e. The average Bonchev–Trinajstić information content (AvgIpc) is 2.42. The van der Waals surface area contributed by atoms with Crippen LogP contribution in [0.25, 0.3) is 0 Å². The number of unbranched alkanes of at least 4 members (excludes halogenated alkanes) is 7. The van der Waals surface area contributed by atoms with E-state index < -0.39 is 0 Å². The van der Waals surface area contributed by atoms with Gasteiger partial charge in [-0.05, 0) is 6.42 Å². The highest BCUT2D eigenvalue weighted by atomic mass is 16.1. The maximum atomic E-state index is 10.8. The zero-order valence-electron chi connectivity index (χ0n) is 11.6.